The molecular formula is C14H30IN3O2S. The van der Waals surface area contributed by atoms with Crippen LogP contribution in [0, 0.1) is 5.41 Å². The zero-order valence-corrected chi connectivity index (χ0v) is 16.8. The average molecular weight is 431 g/mol. The van der Waals surface area contributed by atoms with Gasteiger partial charge in [0.15, 0.2) is 15.8 Å². The maximum atomic E-state index is 11.5. The van der Waals surface area contributed by atoms with Crippen LogP contribution in [0.25, 0.3) is 0 Å². The predicted molar refractivity (Wildman–Crippen MR) is 100 cm³/mol. The number of guanidine groups is 1. The molecule has 2 N–H and O–H groups in total. The summed E-state index contributed by atoms with van der Waals surface area (Å²) >= 11 is 0. The third-order valence-electron chi connectivity index (χ3n) is 3.27. The number of nitrogens with zero attached hydrogens (tertiary/aromatic N) is 1. The highest BCUT2D eigenvalue weighted by Crippen LogP contribution is 2.20. The van der Waals surface area contributed by atoms with Gasteiger partial charge < -0.3 is 10.6 Å². The molecule has 7 heteroatoms. The fourth-order valence-electron chi connectivity index (χ4n) is 2.22. The molecule has 21 heavy (non-hydrogen) atoms. The van der Waals surface area contributed by atoms with E-state index in [9.17, 15) is 8.42 Å². The molecule has 0 radical (unpaired) electrons. The van der Waals surface area contributed by atoms with Crippen LogP contribution in [-0.2, 0) is 9.84 Å². The van der Waals surface area contributed by atoms with Gasteiger partial charge in [0.2, 0.25) is 0 Å². The van der Waals surface area contributed by atoms with Crippen LogP contribution < -0.4 is 10.6 Å². The third kappa shape index (κ3) is 9.55. The van der Waals surface area contributed by atoms with Crippen molar-refractivity contribution in [2.75, 3.05) is 24.6 Å². The van der Waals surface area contributed by atoms with Crippen molar-refractivity contribution >= 4 is 39.8 Å². The SMILES string of the molecule is CCNC(=NCCCC(C)(C)C)NC1CCS(=O)(=O)C1.I. The summed E-state index contributed by atoms with van der Waals surface area (Å²) in [5, 5.41) is 6.41. The summed E-state index contributed by atoms with van der Waals surface area (Å²) in [6.07, 6.45) is 2.85. The van der Waals surface area contributed by atoms with Crippen molar-refractivity contribution in [3.05, 3.63) is 0 Å². The Kier molecular flexibility index (Phi) is 9.15. The quantitative estimate of drug-likeness (QED) is 0.303. The first-order valence-electron chi connectivity index (χ1n) is 7.47. The molecule has 0 saturated carbocycles. The number of halogens is 1. The summed E-state index contributed by atoms with van der Waals surface area (Å²) in [7, 11) is -2.85. The van der Waals surface area contributed by atoms with Gasteiger partial charge in [-0.3, -0.25) is 4.99 Å². The molecule has 0 aromatic heterocycles. The second kappa shape index (κ2) is 9.17. The van der Waals surface area contributed by atoms with Gasteiger partial charge in [0, 0.05) is 19.1 Å². The lowest BCUT2D eigenvalue weighted by molar-refractivity contribution is 0.368. The number of hydrogen-bond donors (Lipinski definition) is 2. The molecular weight excluding hydrogens is 401 g/mol. The zero-order chi connectivity index (χ0) is 15.2. The molecule has 1 rings (SSSR count). The molecule has 1 unspecified atom stereocenters. The minimum absolute atomic E-state index is 0. The monoisotopic (exact) mass is 431 g/mol. The van der Waals surface area contributed by atoms with E-state index in [1.165, 1.54) is 0 Å². The maximum Gasteiger partial charge on any atom is 0.191 e. The van der Waals surface area contributed by atoms with Crippen LogP contribution in [0.15, 0.2) is 4.99 Å². The standard InChI is InChI=1S/C14H29N3O2S.HI/c1-5-15-13(16-9-6-8-14(2,3)4)17-12-7-10-20(18,19)11-12;/h12H,5-11H2,1-4H3,(H2,15,16,17);1H. The van der Waals surface area contributed by atoms with E-state index in [1.807, 2.05) is 6.92 Å². The van der Waals surface area contributed by atoms with Crippen LogP contribution in [0.3, 0.4) is 0 Å². The Morgan fingerprint density at radius 3 is 2.48 bits per heavy atom. The van der Waals surface area contributed by atoms with Gasteiger partial charge in [0.1, 0.15) is 0 Å². The zero-order valence-electron chi connectivity index (χ0n) is 13.6. The predicted octanol–water partition coefficient (Wildman–Crippen LogP) is 2.17. The first-order chi connectivity index (χ1) is 9.22. The number of nitrogens with one attached hydrogen (secondary N) is 2. The van der Waals surface area contributed by atoms with Crippen LogP contribution in [-0.4, -0.2) is 45.0 Å². The van der Waals surface area contributed by atoms with Crippen molar-refractivity contribution in [3.8, 4) is 0 Å². The largest absolute Gasteiger partial charge is 0.357 e. The van der Waals surface area contributed by atoms with Crippen LogP contribution in [0.4, 0.5) is 0 Å². The molecule has 5 nitrogen and oxygen atoms in total. The second-order valence-corrected chi connectivity index (χ2v) is 8.90. The molecule has 1 aliphatic rings. The van der Waals surface area contributed by atoms with Crippen molar-refractivity contribution in [1.82, 2.24) is 10.6 Å². The molecule has 1 fully saturated rings. The fraction of sp³-hybridized carbons (Fsp3) is 0.929. The van der Waals surface area contributed by atoms with Gasteiger partial charge in [-0.1, -0.05) is 20.8 Å². The van der Waals surface area contributed by atoms with Gasteiger partial charge in [0.25, 0.3) is 0 Å². The van der Waals surface area contributed by atoms with Crippen molar-refractivity contribution in [2.45, 2.75) is 53.0 Å². The molecule has 1 saturated heterocycles. The number of aliphatic imine (C=N–C) groups is 1. The van der Waals surface area contributed by atoms with Crippen molar-refractivity contribution in [3.63, 3.8) is 0 Å². The Balaban J connectivity index is 0.00000400. The number of rotatable bonds is 5. The van der Waals surface area contributed by atoms with Crippen molar-refractivity contribution in [2.24, 2.45) is 10.4 Å². The van der Waals surface area contributed by atoms with E-state index in [-0.39, 0.29) is 41.5 Å². The molecule has 1 heterocycles. The Hall–Kier alpha value is -0.0500. The lowest BCUT2D eigenvalue weighted by atomic mass is 9.91. The molecule has 0 aliphatic carbocycles. The van der Waals surface area contributed by atoms with Gasteiger partial charge in [-0.25, -0.2) is 8.42 Å². The van der Waals surface area contributed by atoms with E-state index in [0.29, 0.717) is 11.8 Å². The highest BCUT2D eigenvalue weighted by atomic mass is 127. The second-order valence-electron chi connectivity index (χ2n) is 6.67. The first-order valence-corrected chi connectivity index (χ1v) is 9.29. The van der Waals surface area contributed by atoms with E-state index < -0.39 is 9.84 Å². The normalized spacial score (nSPS) is 21.7. The van der Waals surface area contributed by atoms with Gasteiger partial charge in [-0.05, 0) is 31.6 Å². The van der Waals surface area contributed by atoms with E-state index in [0.717, 1.165) is 31.9 Å². The van der Waals surface area contributed by atoms with Crippen LogP contribution >= 0.6 is 24.0 Å². The summed E-state index contributed by atoms with van der Waals surface area (Å²) < 4.78 is 22.9. The summed E-state index contributed by atoms with van der Waals surface area (Å²) in [6.45, 7) is 10.2. The minimum atomic E-state index is -2.85. The van der Waals surface area contributed by atoms with Crippen molar-refractivity contribution < 1.29 is 8.42 Å². The van der Waals surface area contributed by atoms with E-state index >= 15 is 0 Å². The topological polar surface area (TPSA) is 70.6 Å². The van der Waals surface area contributed by atoms with Crippen LogP contribution in [0.5, 0.6) is 0 Å². The molecule has 0 aromatic rings. The lowest BCUT2D eigenvalue weighted by Crippen LogP contribution is -2.44. The van der Waals surface area contributed by atoms with Crippen LogP contribution in [0.1, 0.15) is 47.0 Å². The highest BCUT2D eigenvalue weighted by Gasteiger charge is 2.28. The smallest absolute Gasteiger partial charge is 0.191 e. The molecule has 0 amide bonds. The molecule has 126 valence electrons. The Morgan fingerprint density at radius 2 is 2.00 bits per heavy atom. The van der Waals surface area contributed by atoms with Gasteiger partial charge in [-0.15, -0.1) is 24.0 Å². The summed E-state index contributed by atoms with van der Waals surface area (Å²) in [5.74, 6) is 1.25. The molecule has 0 bridgehead atoms. The Labute approximate surface area is 146 Å². The molecule has 0 aromatic carbocycles. The Bertz CT molecular complexity index is 430. The summed E-state index contributed by atoms with van der Waals surface area (Å²) in [5.41, 5.74) is 0.334. The number of hydrogen-bond acceptors (Lipinski definition) is 3. The van der Waals surface area contributed by atoms with Gasteiger partial charge >= 0.3 is 0 Å². The minimum Gasteiger partial charge on any atom is -0.357 e. The van der Waals surface area contributed by atoms with Crippen LogP contribution in [0.2, 0.25) is 0 Å². The maximum absolute atomic E-state index is 11.5. The van der Waals surface area contributed by atoms with E-state index in [1.54, 1.807) is 0 Å². The van der Waals surface area contributed by atoms with Gasteiger partial charge in [0.05, 0.1) is 11.5 Å². The Morgan fingerprint density at radius 1 is 1.33 bits per heavy atom. The highest BCUT2D eigenvalue weighted by molar-refractivity contribution is 14.0. The van der Waals surface area contributed by atoms with Gasteiger partial charge in [-0.2, -0.15) is 0 Å². The van der Waals surface area contributed by atoms with E-state index in [2.05, 4.69) is 36.4 Å². The van der Waals surface area contributed by atoms with E-state index in [4.69, 9.17) is 0 Å². The summed E-state index contributed by atoms with van der Waals surface area (Å²) in [6, 6.07) is 0.000385. The summed E-state index contributed by atoms with van der Waals surface area (Å²) in [4.78, 5) is 4.53. The lowest BCUT2D eigenvalue weighted by Gasteiger charge is -2.18. The first kappa shape index (κ1) is 20.9. The fourth-order valence-corrected chi connectivity index (χ4v) is 3.90. The van der Waals surface area contributed by atoms with Crippen molar-refractivity contribution in [1.29, 1.82) is 0 Å². The molecule has 1 aliphatic heterocycles. The number of sulfone groups is 1. The third-order valence-corrected chi connectivity index (χ3v) is 5.04. The average Bonchev–Trinajstić information content (AvgIpc) is 2.63. The molecule has 1 atom stereocenters. The molecule has 0 spiro atoms.